The Morgan fingerprint density at radius 2 is 2.42 bits per heavy atom. The van der Waals surface area contributed by atoms with Crippen LogP contribution in [-0.4, -0.2) is 17.0 Å². The van der Waals surface area contributed by atoms with E-state index in [2.05, 4.69) is 9.72 Å². The Hall–Kier alpha value is -1.72. The fraction of sp³-hybridized carbons (Fsp3) is 0.167. The third kappa shape index (κ3) is 1.47. The van der Waals surface area contributed by atoms with E-state index in [4.69, 9.17) is 0 Å². The molecular weight excluding hydrogens is 167 g/mol. The van der Waals surface area contributed by atoms with Crippen molar-refractivity contribution in [1.29, 1.82) is 0 Å². The summed E-state index contributed by atoms with van der Waals surface area (Å²) < 4.78 is 17.0. The molecular formula is C6H5FN2O3. The molecule has 0 N–H and O–H groups in total. The molecule has 0 aliphatic heterocycles. The molecule has 0 unspecified atom stereocenters. The van der Waals surface area contributed by atoms with Gasteiger partial charge in [-0.05, 0) is 0 Å². The molecule has 0 saturated carbocycles. The first-order valence-electron chi connectivity index (χ1n) is 2.99. The Morgan fingerprint density at radius 1 is 1.75 bits per heavy atom. The van der Waals surface area contributed by atoms with Crippen molar-refractivity contribution in [3.63, 3.8) is 0 Å². The number of rotatable bonds is 2. The SMILES string of the molecule is COc1ncc(F)cc1[N+](=O)[O-]. The Kier molecular flexibility index (Phi) is 2.18. The van der Waals surface area contributed by atoms with E-state index in [-0.39, 0.29) is 5.88 Å². The van der Waals surface area contributed by atoms with E-state index in [0.717, 1.165) is 12.3 Å². The van der Waals surface area contributed by atoms with Gasteiger partial charge in [0.05, 0.1) is 24.3 Å². The van der Waals surface area contributed by atoms with Crippen LogP contribution in [0.1, 0.15) is 0 Å². The number of hydrogen-bond donors (Lipinski definition) is 0. The van der Waals surface area contributed by atoms with Gasteiger partial charge in [0.1, 0.15) is 5.82 Å². The average molecular weight is 172 g/mol. The fourth-order valence-corrected chi connectivity index (χ4v) is 0.704. The largest absolute Gasteiger partial charge is 0.476 e. The first-order valence-corrected chi connectivity index (χ1v) is 2.99. The van der Waals surface area contributed by atoms with E-state index in [1.807, 2.05) is 0 Å². The summed E-state index contributed by atoms with van der Waals surface area (Å²) in [5, 5.41) is 10.3. The minimum atomic E-state index is -0.762. The van der Waals surface area contributed by atoms with Crippen LogP contribution < -0.4 is 4.74 Å². The summed E-state index contributed by atoms with van der Waals surface area (Å²) in [7, 11) is 1.23. The van der Waals surface area contributed by atoms with Gasteiger partial charge in [-0.3, -0.25) is 10.1 Å². The lowest BCUT2D eigenvalue weighted by Gasteiger charge is -1.98. The maximum atomic E-state index is 12.4. The summed E-state index contributed by atoms with van der Waals surface area (Å²) in [6, 6.07) is 0.756. The zero-order valence-electron chi connectivity index (χ0n) is 6.15. The molecule has 1 rings (SSSR count). The van der Waals surface area contributed by atoms with Crippen LogP contribution in [0.15, 0.2) is 12.3 Å². The first kappa shape index (κ1) is 8.38. The minimum absolute atomic E-state index is 0.193. The van der Waals surface area contributed by atoms with E-state index in [0.29, 0.717) is 0 Å². The predicted molar refractivity (Wildman–Crippen MR) is 37.4 cm³/mol. The Bertz CT molecular complexity index is 316. The van der Waals surface area contributed by atoms with Gasteiger partial charge in [-0.15, -0.1) is 0 Å². The highest BCUT2D eigenvalue weighted by atomic mass is 19.1. The normalized spacial score (nSPS) is 9.50. The van der Waals surface area contributed by atoms with Crippen molar-refractivity contribution in [3.8, 4) is 5.88 Å². The second-order valence-electron chi connectivity index (χ2n) is 1.94. The highest BCUT2D eigenvalue weighted by molar-refractivity contribution is 5.40. The highest BCUT2D eigenvalue weighted by Crippen LogP contribution is 2.23. The van der Waals surface area contributed by atoms with E-state index >= 15 is 0 Å². The number of pyridine rings is 1. The Morgan fingerprint density at radius 3 is 2.92 bits per heavy atom. The number of hydrogen-bond acceptors (Lipinski definition) is 4. The maximum Gasteiger partial charge on any atom is 0.333 e. The average Bonchev–Trinajstić information content (AvgIpc) is 2.04. The summed E-state index contributed by atoms with van der Waals surface area (Å²) >= 11 is 0. The summed E-state index contributed by atoms with van der Waals surface area (Å²) in [5.74, 6) is -0.955. The molecule has 0 spiro atoms. The first-order chi connectivity index (χ1) is 5.65. The van der Waals surface area contributed by atoms with Crippen LogP contribution in [0.2, 0.25) is 0 Å². The van der Waals surface area contributed by atoms with E-state index in [9.17, 15) is 14.5 Å². The molecule has 0 aliphatic carbocycles. The lowest BCUT2D eigenvalue weighted by atomic mass is 10.4. The topological polar surface area (TPSA) is 65.3 Å². The van der Waals surface area contributed by atoms with Crippen LogP contribution in [0.25, 0.3) is 0 Å². The van der Waals surface area contributed by atoms with Crippen molar-refractivity contribution in [2.45, 2.75) is 0 Å². The van der Waals surface area contributed by atoms with Gasteiger partial charge >= 0.3 is 5.69 Å². The molecule has 6 heteroatoms. The molecule has 0 amide bonds. The van der Waals surface area contributed by atoms with Crippen LogP contribution in [-0.2, 0) is 0 Å². The third-order valence-corrected chi connectivity index (χ3v) is 1.19. The van der Waals surface area contributed by atoms with E-state index < -0.39 is 16.4 Å². The lowest BCUT2D eigenvalue weighted by molar-refractivity contribution is -0.386. The van der Waals surface area contributed by atoms with Crippen molar-refractivity contribution in [1.82, 2.24) is 4.98 Å². The number of ether oxygens (including phenoxy) is 1. The van der Waals surface area contributed by atoms with Crippen molar-refractivity contribution in [2.24, 2.45) is 0 Å². The van der Waals surface area contributed by atoms with Crippen molar-refractivity contribution < 1.29 is 14.1 Å². The monoisotopic (exact) mass is 172 g/mol. The molecule has 1 aromatic rings. The molecule has 5 nitrogen and oxygen atoms in total. The zero-order valence-corrected chi connectivity index (χ0v) is 6.15. The maximum absolute atomic E-state index is 12.4. The third-order valence-electron chi connectivity index (χ3n) is 1.19. The molecule has 64 valence electrons. The standard InChI is InChI=1S/C6H5FN2O3/c1-12-6-5(9(10)11)2-4(7)3-8-6/h2-3H,1H3. The molecule has 1 aromatic heterocycles. The van der Waals surface area contributed by atoms with Crippen LogP contribution >= 0.6 is 0 Å². The second-order valence-corrected chi connectivity index (χ2v) is 1.94. The van der Waals surface area contributed by atoms with Gasteiger partial charge in [-0.25, -0.2) is 9.37 Å². The van der Waals surface area contributed by atoms with Gasteiger partial charge < -0.3 is 4.74 Å². The zero-order chi connectivity index (χ0) is 9.14. The Labute approximate surface area is 66.9 Å². The van der Waals surface area contributed by atoms with Gasteiger partial charge in [0, 0.05) is 0 Å². The van der Waals surface area contributed by atoms with Crippen molar-refractivity contribution in [2.75, 3.05) is 7.11 Å². The molecule has 12 heavy (non-hydrogen) atoms. The smallest absolute Gasteiger partial charge is 0.333 e. The van der Waals surface area contributed by atoms with E-state index in [1.165, 1.54) is 7.11 Å². The van der Waals surface area contributed by atoms with Crippen LogP contribution in [0, 0.1) is 15.9 Å². The van der Waals surface area contributed by atoms with E-state index in [1.54, 1.807) is 0 Å². The van der Waals surface area contributed by atoms with Crippen molar-refractivity contribution >= 4 is 5.69 Å². The molecule has 1 heterocycles. The van der Waals surface area contributed by atoms with Gasteiger partial charge in [0.15, 0.2) is 0 Å². The van der Waals surface area contributed by atoms with Gasteiger partial charge in [-0.1, -0.05) is 0 Å². The second kappa shape index (κ2) is 3.12. The fourth-order valence-electron chi connectivity index (χ4n) is 0.704. The molecule has 0 aromatic carbocycles. The molecule has 0 fully saturated rings. The number of aromatic nitrogens is 1. The molecule has 0 aliphatic rings. The summed E-state index contributed by atoms with van der Waals surface area (Å²) in [6.07, 6.45) is 0.853. The summed E-state index contributed by atoms with van der Waals surface area (Å²) in [5.41, 5.74) is -0.475. The van der Waals surface area contributed by atoms with Crippen LogP contribution in [0.5, 0.6) is 5.88 Å². The molecule has 0 saturated heterocycles. The van der Waals surface area contributed by atoms with Crippen LogP contribution in [0.4, 0.5) is 10.1 Å². The molecule has 0 atom stereocenters. The number of methoxy groups -OCH3 is 1. The van der Waals surface area contributed by atoms with Crippen LogP contribution in [0.3, 0.4) is 0 Å². The lowest BCUT2D eigenvalue weighted by Crippen LogP contribution is -1.96. The highest BCUT2D eigenvalue weighted by Gasteiger charge is 2.16. The van der Waals surface area contributed by atoms with Gasteiger partial charge in [0.2, 0.25) is 0 Å². The number of nitro groups is 1. The molecule has 0 bridgehead atoms. The Balaban J connectivity index is 3.21. The number of halogens is 1. The van der Waals surface area contributed by atoms with Crippen molar-refractivity contribution in [3.05, 3.63) is 28.2 Å². The molecule has 0 radical (unpaired) electrons. The predicted octanol–water partition coefficient (Wildman–Crippen LogP) is 1.14. The quantitative estimate of drug-likeness (QED) is 0.495. The number of nitrogens with zero attached hydrogens (tertiary/aromatic N) is 2. The minimum Gasteiger partial charge on any atom is -0.476 e. The van der Waals surface area contributed by atoms with Gasteiger partial charge in [-0.2, -0.15) is 0 Å². The summed E-state index contributed by atoms with van der Waals surface area (Å²) in [6.45, 7) is 0. The summed E-state index contributed by atoms with van der Waals surface area (Å²) in [4.78, 5) is 12.9. The van der Waals surface area contributed by atoms with Gasteiger partial charge in [0.25, 0.3) is 5.88 Å².